The molecule has 7 heteroatoms. The summed E-state index contributed by atoms with van der Waals surface area (Å²) in [6, 6.07) is 14.3. The zero-order chi connectivity index (χ0) is 21.2. The molecule has 1 N–H and O–H groups in total. The zero-order valence-electron chi connectivity index (χ0n) is 16.1. The molecule has 0 heterocycles. The molecule has 0 aromatic heterocycles. The number of carboxylic acid groups (broad SMARTS) is 1. The second kappa shape index (κ2) is 11.4. The van der Waals surface area contributed by atoms with Gasteiger partial charge in [0.15, 0.2) is 11.9 Å². The summed E-state index contributed by atoms with van der Waals surface area (Å²) in [6.45, 7) is 1.99. The molecule has 2 aromatic carbocycles. The number of Topliss-reactive ketones (excluding diaryl/α,β-unsaturated/α-hetero) is 1. The van der Waals surface area contributed by atoms with Crippen LogP contribution in [0, 0.1) is 0 Å². The number of rotatable bonds is 11. The minimum absolute atomic E-state index is 0.0170. The monoisotopic (exact) mass is 462 g/mol. The third kappa shape index (κ3) is 7.34. The van der Waals surface area contributed by atoms with Crippen molar-refractivity contribution in [1.82, 2.24) is 0 Å². The van der Waals surface area contributed by atoms with E-state index in [1.165, 1.54) is 0 Å². The Kier molecular flexibility index (Phi) is 8.86. The number of halogens is 1. The van der Waals surface area contributed by atoms with Crippen molar-refractivity contribution >= 4 is 33.7 Å². The molecule has 1 atom stereocenters. The maximum atomic E-state index is 12.2. The van der Waals surface area contributed by atoms with Crippen LogP contribution in [0.15, 0.2) is 53.0 Å². The second-order valence-corrected chi connectivity index (χ2v) is 7.20. The summed E-state index contributed by atoms with van der Waals surface area (Å²) in [5.41, 5.74) is 1.44. The molecule has 29 heavy (non-hydrogen) atoms. The number of esters is 1. The molecular formula is C22H23BrO6. The lowest BCUT2D eigenvalue weighted by molar-refractivity contribution is -0.145. The molecule has 0 amide bonds. The van der Waals surface area contributed by atoms with Crippen LogP contribution in [0.25, 0.3) is 0 Å². The Bertz CT molecular complexity index is 850. The largest absolute Gasteiger partial charge is 0.479 e. The summed E-state index contributed by atoms with van der Waals surface area (Å²) in [7, 11) is 0. The van der Waals surface area contributed by atoms with E-state index in [4.69, 9.17) is 9.47 Å². The average molecular weight is 463 g/mol. The van der Waals surface area contributed by atoms with Gasteiger partial charge < -0.3 is 14.6 Å². The Balaban J connectivity index is 1.99. The quantitative estimate of drug-likeness (QED) is 0.392. The van der Waals surface area contributed by atoms with Crippen LogP contribution in [-0.4, -0.2) is 35.5 Å². The van der Waals surface area contributed by atoms with Gasteiger partial charge in [-0.1, -0.05) is 30.3 Å². The minimum Gasteiger partial charge on any atom is -0.479 e. The van der Waals surface area contributed by atoms with Crippen molar-refractivity contribution in [2.24, 2.45) is 0 Å². The lowest BCUT2D eigenvalue weighted by atomic mass is 10.1. The van der Waals surface area contributed by atoms with E-state index < -0.39 is 18.0 Å². The zero-order valence-corrected chi connectivity index (χ0v) is 17.7. The number of carbonyl (C=O) groups is 3. The fraction of sp³-hybridized carbons (Fsp3) is 0.318. The van der Waals surface area contributed by atoms with Crippen LogP contribution >= 0.6 is 15.9 Å². The predicted octanol–water partition coefficient (Wildman–Crippen LogP) is 4.44. The highest BCUT2D eigenvalue weighted by Gasteiger charge is 2.21. The first-order valence-corrected chi connectivity index (χ1v) is 10.1. The van der Waals surface area contributed by atoms with E-state index in [0.717, 1.165) is 5.56 Å². The van der Waals surface area contributed by atoms with Gasteiger partial charge in [-0.2, -0.15) is 0 Å². The van der Waals surface area contributed by atoms with E-state index in [2.05, 4.69) is 15.9 Å². The molecule has 0 aliphatic carbocycles. The van der Waals surface area contributed by atoms with E-state index in [-0.39, 0.29) is 25.2 Å². The van der Waals surface area contributed by atoms with Gasteiger partial charge in [-0.3, -0.25) is 9.59 Å². The van der Waals surface area contributed by atoms with Crippen LogP contribution < -0.4 is 4.74 Å². The molecule has 1 unspecified atom stereocenters. The number of aryl methyl sites for hydroxylation is 1. The molecule has 0 radical (unpaired) electrons. The topological polar surface area (TPSA) is 89.9 Å². The molecule has 2 aromatic rings. The van der Waals surface area contributed by atoms with E-state index in [0.29, 0.717) is 28.6 Å². The summed E-state index contributed by atoms with van der Waals surface area (Å²) >= 11 is 3.33. The van der Waals surface area contributed by atoms with Crippen LogP contribution in [0.1, 0.15) is 42.1 Å². The van der Waals surface area contributed by atoms with E-state index in [9.17, 15) is 19.5 Å². The Morgan fingerprint density at radius 3 is 2.41 bits per heavy atom. The van der Waals surface area contributed by atoms with Crippen molar-refractivity contribution in [3.63, 3.8) is 0 Å². The summed E-state index contributed by atoms with van der Waals surface area (Å²) < 4.78 is 11.0. The Hall–Kier alpha value is -2.67. The number of carboxylic acids is 1. The SMILES string of the molecule is CCOC(=O)CCC(=O)c1ccc(OC(CCc2ccccc2)C(=O)O)c(Br)c1. The van der Waals surface area contributed by atoms with Crippen LogP contribution in [-0.2, 0) is 20.7 Å². The number of hydrogen-bond donors (Lipinski definition) is 1. The first-order valence-electron chi connectivity index (χ1n) is 9.32. The molecule has 0 aliphatic rings. The van der Waals surface area contributed by atoms with Crippen molar-refractivity contribution < 1.29 is 29.0 Å². The van der Waals surface area contributed by atoms with Crippen molar-refractivity contribution in [3.05, 3.63) is 64.1 Å². The number of benzene rings is 2. The predicted molar refractivity (Wildman–Crippen MR) is 111 cm³/mol. The van der Waals surface area contributed by atoms with E-state index >= 15 is 0 Å². The third-order valence-corrected chi connectivity index (χ3v) is 4.82. The standard InChI is InChI=1S/C22H23BrO6/c1-2-28-21(25)13-10-18(24)16-9-12-19(17(23)14-16)29-20(22(26)27)11-8-15-6-4-3-5-7-15/h3-7,9,12,14,20H,2,8,10-11,13H2,1H3,(H,26,27). The summed E-state index contributed by atoms with van der Waals surface area (Å²) in [4.78, 5) is 35.2. The molecule has 0 spiro atoms. The maximum Gasteiger partial charge on any atom is 0.344 e. The molecule has 0 fully saturated rings. The highest BCUT2D eigenvalue weighted by molar-refractivity contribution is 9.10. The minimum atomic E-state index is -1.05. The molecule has 0 aliphatic heterocycles. The summed E-state index contributed by atoms with van der Waals surface area (Å²) in [5.74, 6) is -1.33. The molecule has 2 rings (SSSR count). The maximum absolute atomic E-state index is 12.2. The van der Waals surface area contributed by atoms with Crippen molar-refractivity contribution in [1.29, 1.82) is 0 Å². The van der Waals surface area contributed by atoms with Gasteiger partial charge in [-0.15, -0.1) is 0 Å². The second-order valence-electron chi connectivity index (χ2n) is 6.34. The fourth-order valence-electron chi connectivity index (χ4n) is 2.69. The number of carbonyl (C=O) groups excluding carboxylic acids is 2. The molecule has 6 nitrogen and oxygen atoms in total. The lowest BCUT2D eigenvalue weighted by Gasteiger charge is -2.16. The molecular weight excluding hydrogens is 440 g/mol. The molecule has 154 valence electrons. The van der Waals surface area contributed by atoms with Crippen LogP contribution in [0.4, 0.5) is 0 Å². The Labute approximate surface area is 178 Å². The Morgan fingerprint density at radius 2 is 1.79 bits per heavy atom. The third-order valence-electron chi connectivity index (χ3n) is 4.20. The van der Waals surface area contributed by atoms with Gasteiger partial charge in [0.2, 0.25) is 0 Å². The normalized spacial score (nSPS) is 11.5. The number of ketones is 1. The fourth-order valence-corrected chi connectivity index (χ4v) is 3.16. The van der Waals surface area contributed by atoms with Crippen molar-refractivity contribution in [2.45, 2.75) is 38.7 Å². The van der Waals surface area contributed by atoms with Gasteiger partial charge in [0.05, 0.1) is 17.5 Å². The van der Waals surface area contributed by atoms with Gasteiger partial charge in [-0.25, -0.2) is 4.79 Å². The van der Waals surface area contributed by atoms with Gasteiger partial charge in [0, 0.05) is 12.0 Å². The van der Waals surface area contributed by atoms with Gasteiger partial charge in [0.25, 0.3) is 0 Å². The molecule has 0 bridgehead atoms. The molecule has 0 saturated carbocycles. The van der Waals surface area contributed by atoms with Crippen LogP contribution in [0.5, 0.6) is 5.75 Å². The number of ether oxygens (including phenoxy) is 2. The number of hydrogen-bond acceptors (Lipinski definition) is 5. The van der Waals surface area contributed by atoms with Crippen molar-refractivity contribution in [3.8, 4) is 5.75 Å². The van der Waals surface area contributed by atoms with E-state index in [1.54, 1.807) is 25.1 Å². The van der Waals surface area contributed by atoms with Crippen molar-refractivity contribution in [2.75, 3.05) is 6.61 Å². The van der Waals surface area contributed by atoms with E-state index in [1.807, 2.05) is 30.3 Å². The summed E-state index contributed by atoms with van der Waals surface area (Å²) in [6.07, 6.45) is -0.0770. The first-order chi connectivity index (χ1) is 13.9. The molecule has 0 saturated heterocycles. The van der Waals surface area contributed by atoms with Gasteiger partial charge >= 0.3 is 11.9 Å². The van der Waals surface area contributed by atoms with Crippen LogP contribution in [0.3, 0.4) is 0 Å². The summed E-state index contributed by atoms with van der Waals surface area (Å²) in [5, 5.41) is 9.47. The lowest BCUT2D eigenvalue weighted by Crippen LogP contribution is -2.27. The van der Waals surface area contributed by atoms with Crippen LogP contribution in [0.2, 0.25) is 0 Å². The smallest absolute Gasteiger partial charge is 0.344 e. The van der Waals surface area contributed by atoms with Gasteiger partial charge in [0.1, 0.15) is 5.75 Å². The number of aliphatic carboxylic acids is 1. The van der Waals surface area contributed by atoms with Gasteiger partial charge in [-0.05, 0) is 59.5 Å². The average Bonchev–Trinajstić information content (AvgIpc) is 2.71. The highest BCUT2D eigenvalue weighted by Crippen LogP contribution is 2.28. The first kappa shape index (κ1) is 22.6. The highest BCUT2D eigenvalue weighted by atomic mass is 79.9. The Morgan fingerprint density at radius 1 is 1.07 bits per heavy atom.